The van der Waals surface area contributed by atoms with Crippen molar-refractivity contribution in [1.29, 1.82) is 0 Å². The second kappa shape index (κ2) is 11.3. The Morgan fingerprint density at radius 3 is 1.86 bits per heavy atom. The van der Waals surface area contributed by atoms with Crippen molar-refractivity contribution >= 4 is 17.5 Å². The molecule has 6 nitrogen and oxygen atoms in total. The van der Waals surface area contributed by atoms with Gasteiger partial charge < -0.3 is 19.6 Å². The van der Waals surface area contributed by atoms with Gasteiger partial charge in [-0.1, -0.05) is 31.4 Å². The lowest BCUT2D eigenvalue weighted by atomic mass is 9.87. The van der Waals surface area contributed by atoms with Gasteiger partial charge in [-0.15, -0.1) is 0 Å². The number of benzene rings is 1. The van der Waals surface area contributed by atoms with Crippen LogP contribution >= 0.6 is 0 Å². The molecule has 1 saturated carbocycles. The van der Waals surface area contributed by atoms with Crippen LogP contribution < -0.4 is 4.90 Å². The van der Waals surface area contributed by atoms with Crippen LogP contribution in [0.5, 0.6) is 0 Å². The fourth-order valence-electron chi connectivity index (χ4n) is 6.70. The zero-order valence-electron chi connectivity index (χ0n) is 21.0. The number of rotatable bonds is 4. The second-order valence-electron chi connectivity index (χ2n) is 11.0. The first-order valence-corrected chi connectivity index (χ1v) is 13.9. The van der Waals surface area contributed by atoms with Gasteiger partial charge in [-0.3, -0.25) is 9.59 Å². The predicted molar refractivity (Wildman–Crippen MR) is 136 cm³/mol. The van der Waals surface area contributed by atoms with E-state index in [9.17, 15) is 14.0 Å². The van der Waals surface area contributed by atoms with E-state index in [4.69, 9.17) is 0 Å². The van der Waals surface area contributed by atoms with Gasteiger partial charge in [0.25, 0.3) is 0 Å². The van der Waals surface area contributed by atoms with Crippen molar-refractivity contribution in [2.24, 2.45) is 11.8 Å². The minimum absolute atomic E-state index is 0.110. The smallest absolute Gasteiger partial charge is 0.225 e. The molecule has 3 aliphatic heterocycles. The van der Waals surface area contributed by atoms with Gasteiger partial charge in [-0.2, -0.15) is 0 Å². The highest BCUT2D eigenvalue weighted by Gasteiger charge is 2.35. The highest BCUT2D eigenvalue weighted by atomic mass is 19.1. The zero-order chi connectivity index (χ0) is 24.2. The summed E-state index contributed by atoms with van der Waals surface area (Å²) in [5, 5.41) is 0. The van der Waals surface area contributed by atoms with E-state index in [2.05, 4.69) is 9.80 Å². The van der Waals surface area contributed by atoms with Crippen LogP contribution in [0, 0.1) is 17.7 Å². The first-order chi connectivity index (χ1) is 17.1. The average molecular weight is 485 g/mol. The molecule has 4 fully saturated rings. The Morgan fingerprint density at radius 1 is 0.657 bits per heavy atom. The normalized spacial score (nSPS) is 24.1. The van der Waals surface area contributed by atoms with Gasteiger partial charge >= 0.3 is 0 Å². The number of carbonyl (C=O) groups is 2. The standard InChI is InChI=1S/C28H41FN4O2/c29-25-8-4-5-9-26(25)31-18-20-33(21-19-31)28(35)23-10-14-30(15-11-23)24-12-16-32(17-13-24)27(34)22-6-2-1-3-7-22/h4-5,8-9,22-24H,1-3,6-7,10-21H2. The Kier molecular flexibility index (Phi) is 7.91. The topological polar surface area (TPSA) is 47.1 Å². The van der Waals surface area contributed by atoms with Crippen LogP contribution in [-0.4, -0.2) is 84.9 Å². The largest absolute Gasteiger partial charge is 0.366 e. The zero-order valence-corrected chi connectivity index (χ0v) is 21.0. The number of carbonyl (C=O) groups excluding carboxylic acids is 2. The van der Waals surface area contributed by atoms with Gasteiger partial charge in [0.05, 0.1) is 5.69 Å². The molecule has 4 aliphatic rings. The number of piperazine rings is 1. The summed E-state index contributed by atoms with van der Waals surface area (Å²) in [6.07, 6.45) is 9.85. The van der Waals surface area contributed by atoms with E-state index in [-0.39, 0.29) is 23.6 Å². The summed E-state index contributed by atoms with van der Waals surface area (Å²) >= 11 is 0. The van der Waals surface area contributed by atoms with E-state index in [0.29, 0.717) is 43.8 Å². The van der Waals surface area contributed by atoms with E-state index in [1.54, 1.807) is 6.07 Å². The first kappa shape index (κ1) is 24.5. The SMILES string of the molecule is O=C(C1CCCCC1)N1CCC(N2CCC(C(=O)N3CCN(c4ccccc4F)CC3)CC2)CC1. The Hall–Kier alpha value is -2.15. The first-order valence-electron chi connectivity index (χ1n) is 13.9. The molecule has 7 heteroatoms. The maximum absolute atomic E-state index is 14.1. The number of anilines is 1. The average Bonchev–Trinajstić information content (AvgIpc) is 2.93. The van der Waals surface area contributed by atoms with Crippen molar-refractivity contribution in [3.05, 3.63) is 30.1 Å². The Balaban J connectivity index is 1.04. The lowest BCUT2D eigenvalue weighted by Gasteiger charge is -2.43. The van der Waals surface area contributed by atoms with Crippen molar-refractivity contribution in [2.75, 3.05) is 57.3 Å². The summed E-state index contributed by atoms with van der Waals surface area (Å²) in [7, 11) is 0. The number of halogens is 1. The summed E-state index contributed by atoms with van der Waals surface area (Å²) in [5.74, 6) is 0.881. The van der Waals surface area contributed by atoms with Crippen molar-refractivity contribution in [3.63, 3.8) is 0 Å². The summed E-state index contributed by atoms with van der Waals surface area (Å²) in [6.45, 7) is 6.45. The van der Waals surface area contributed by atoms with Crippen LogP contribution in [0.15, 0.2) is 24.3 Å². The molecule has 35 heavy (non-hydrogen) atoms. The molecular weight excluding hydrogens is 443 g/mol. The maximum Gasteiger partial charge on any atom is 0.225 e. The van der Waals surface area contributed by atoms with E-state index >= 15 is 0 Å². The molecular formula is C28H41FN4O2. The molecule has 2 amide bonds. The predicted octanol–water partition coefficient (Wildman–Crippen LogP) is 3.76. The van der Waals surface area contributed by atoms with Crippen LogP contribution in [0.25, 0.3) is 0 Å². The third-order valence-electron chi connectivity index (χ3n) is 8.91. The number of hydrogen-bond donors (Lipinski definition) is 0. The summed E-state index contributed by atoms with van der Waals surface area (Å²) in [4.78, 5) is 34.8. The van der Waals surface area contributed by atoms with Gasteiger partial charge in [-0.05, 0) is 63.7 Å². The molecule has 1 aromatic carbocycles. The highest BCUT2D eigenvalue weighted by molar-refractivity contribution is 5.79. The van der Waals surface area contributed by atoms with Crippen molar-refractivity contribution in [3.8, 4) is 0 Å². The quantitative estimate of drug-likeness (QED) is 0.653. The molecule has 0 bridgehead atoms. The molecule has 3 heterocycles. The third-order valence-corrected chi connectivity index (χ3v) is 8.91. The number of para-hydroxylation sites is 1. The lowest BCUT2D eigenvalue weighted by molar-refractivity contribution is -0.140. The Labute approximate surface area is 209 Å². The third kappa shape index (κ3) is 5.65. The number of piperidine rings is 2. The molecule has 0 aromatic heterocycles. The van der Waals surface area contributed by atoms with Crippen molar-refractivity contribution in [1.82, 2.24) is 14.7 Å². The van der Waals surface area contributed by atoms with E-state index < -0.39 is 0 Å². The molecule has 0 spiro atoms. The minimum atomic E-state index is -0.191. The van der Waals surface area contributed by atoms with Gasteiger partial charge in [0.15, 0.2) is 0 Å². The number of amides is 2. The minimum Gasteiger partial charge on any atom is -0.366 e. The number of likely N-dealkylation sites (tertiary alicyclic amines) is 2. The van der Waals surface area contributed by atoms with Crippen LogP contribution in [0.3, 0.4) is 0 Å². The van der Waals surface area contributed by atoms with Crippen LogP contribution in [-0.2, 0) is 9.59 Å². The van der Waals surface area contributed by atoms with Crippen LogP contribution in [0.4, 0.5) is 10.1 Å². The lowest BCUT2D eigenvalue weighted by Crippen LogP contribution is -2.53. The number of nitrogens with zero attached hydrogens (tertiary/aromatic N) is 4. The van der Waals surface area contributed by atoms with Crippen LogP contribution in [0.1, 0.15) is 57.8 Å². The van der Waals surface area contributed by atoms with Crippen LogP contribution in [0.2, 0.25) is 0 Å². The van der Waals surface area contributed by atoms with Gasteiger partial charge in [0.2, 0.25) is 11.8 Å². The van der Waals surface area contributed by atoms with E-state index in [0.717, 1.165) is 64.7 Å². The molecule has 0 unspecified atom stereocenters. The monoisotopic (exact) mass is 484 g/mol. The van der Waals surface area contributed by atoms with E-state index in [1.165, 1.54) is 25.3 Å². The number of hydrogen-bond acceptors (Lipinski definition) is 4. The fraction of sp³-hybridized carbons (Fsp3) is 0.714. The molecule has 1 aliphatic carbocycles. The van der Waals surface area contributed by atoms with E-state index in [1.807, 2.05) is 21.9 Å². The summed E-state index contributed by atoms with van der Waals surface area (Å²) in [5.41, 5.74) is 0.638. The van der Waals surface area contributed by atoms with Gasteiger partial charge in [0.1, 0.15) is 5.82 Å². The van der Waals surface area contributed by atoms with Crippen molar-refractivity contribution < 1.29 is 14.0 Å². The Bertz CT molecular complexity index is 865. The maximum atomic E-state index is 14.1. The van der Waals surface area contributed by atoms with Gasteiger partial charge in [-0.25, -0.2) is 4.39 Å². The van der Waals surface area contributed by atoms with Gasteiger partial charge in [0, 0.05) is 57.1 Å². The molecule has 1 aromatic rings. The fourth-order valence-corrected chi connectivity index (χ4v) is 6.70. The molecule has 192 valence electrons. The Morgan fingerprint density at radius 2 is 1.23 bits per heavy atom. The molecule has 0 radical (unpaired) electrons. The molecule has 3 saturated heterocycles. The van der Waals surface area contributed by atoms with Crippen molar-refractivity contribution in [2.45, 2.75) is 63.8 Å². The highest BCUT2D eigenvalue weighted by Crippen LogP contribution is 2.29. The molecule has 0 N–H and O–H groups in total. The summed E-state index contributed by atoms with van der Waals surface area (Å²) in [6, 6.07) is 7.44. The molecule has 0 atom stereocenters. The second-order valence-corrected chi connectivity index (χ2v) is 11.0. The molecule has 5 rings (SSSR count). The summed E-state index contributed by atoms with van der Waals surface area (Å²) < 4.78 is 14.1.